The Balaban J connectivity index is 1.26. The molecule has 0 aliphatic carbocycles. The summed E-state index contributed by atoms with van der Waals surface area (Å²) in [6.07, 6.45) is 0. The summed E-state index contributed by atoms with van der Waals surface area (Å²) >= 11 is 1.85. The Kier molecular flexibility index (Phi) is 6.71. The number of pyridine rings is 1. The lowest BCUT2D eigenvalue weighted by molar-refractivity contribution is 1.18. The molecule has 3 heterocycles. The van der Waals surface area contributed by atoms with Crippen molar-refractivity contribution in [2.24, 2.45) is 0 Å². The first-order valence-corrected chi connectivity index (χ1v) is 17.8. The van der Waals surface area contributed by atoms with Gasteiger partial charge in [-0.25, -0.2) is 4.98 Å². The summed E-state index contributed by atoms with van der Waals surface area (Å²) in [5.41, 5.74) is 12.4. The molecule has 10 aromatic rings. The normalized spacial score (nSPS) is 11.6. The quantitative estimate of drug-likeness (QED) is 0.181. The molecule has 7 aromatic carbocycles. The number of thiophene rings is 1. The van der Waals surface area contributed by atoms with Crippen LogP contribution in [0.2, 0.25) is 0 Å². The number of benzene rings is 7. The van der Waals surface area contributed by atoms with E-state index in [4.69, 9.17) is 4.98 Å². The average molecular weight is 655 g/mol. The lowest BCUT2D eigenvalue weighted by atomic mass is 9.95. The van der Waals surface area contributed by atoms with Crippen molar-refractivity contribution in [3.05, 3.63) is 182 Å². The molecule has 0 unspecified atom stereocenters. The van der Waals surface area contributed by atoms with Crippen LogP contribution in [-0.2, 0) is 0 Å². The van der Waals surface area contributed by atoms with E-state index in [2.05, 4.69) is 187 Å². The molecule has 10 rings (SSSR count). The molecule has 3 heteroatoms. The van der Waals surface area contributed by atoms with Crippen LogP contribution in [0.1, 0.15) is 0 Å². The van der Waals surface area contributed by atoms with Crippen molar-refractivity contribution < 1.29 is 0 Å². The fraction of sp³-hybridized carbons (Fsp3) is 0. The minimum Gasteiger partial charge on any atom is -0.309 e. The molecule has 0 radical (unpaired) electrons. The molecule has 2 nitrogen and oxygen atoms in total. The Morgan fingerprint density at radius 3 is 1.82 bits per heavy atom. The van der Waals surface area contributed by atoms with Gasteiger partial charge in [0.25, 0.3) is 0 Å². The highest BCUT2D eigenvalue weighted by atomic mass is 32.1. The van der Waals surface area contributed by atoms with Crippen LogP contribution in [0, 0.1) is 0 Å². The Morgan fingerprint density at radius 1 is 0.400 bits per heavy atom. The number of rotatable bonds is 5. The van der Waals surface area contributed by atoms with E-state index in [1.54, 1.807) is 0 Å². The summed E-state index contributed by atoms with van der Waals surface area (Å²) in [6.45, 7) is 0. The van der Waals surface area contributed by atoms with Crippen LogP contribution in [0.4, 0.5) is 0 Å². The third kappa shape index (κ3) is 4.67. The molecule has 0 spiro atoms. The smallest absolute Gasteiger partial charge is 0.0730 e. The lowest BCUT2D eigenvalue weighted by Gasteiger charge is -2.13. The maximum Gasteiger partial charge on any atom is 0.0730 e. The lowest BCUT2D eigenvalue weighted by Crippen LogP contribution is -1.94. The van der Waals surface area contributed by atoms with E-state index < -0.39 is 0 Å². The average Bonchev–Trinajstić information content (AvgIpc) is 3.75. The minimum absolute atomic E-state index is 0.960. The highest BCUT2D eigenvalue weighted by molar-refractivity contribution is 7.26. The predicted molar refractivity (Wildman–Crippen MR) is 213 cm³/mol. The first-order chi connectivity index (χ1) is 24.8. The van der Waals surface area contributed by atoms with Gasteiger partial charge in [0.15, 0.2) is 0 Å². The molecule has 0 amide bonds. The van der Waals surface area contributed by atoms with E-state index in [0.29, 0.717) is 0 Å². The summed E-state index contributed by atoms with van der Waals surface area (Å²) in [4.78, 5) is 5.54. The summed E-state index contributed by atoms with van der Waals surface area (Å²) in [6, 6.07) is 65.4. The fourth-order valence-electron chi connectivity index (χ4n) is 7.52. The zero-order valence-electron chi connectivity index (χ0n) is 27.1. The first kappa shape index (κ1) is 28.7. The molecule has 0 saturated carbocycles. The number of nitrogens with zero attached hydrogens (tertiary/aromatic N) is 2. The summed E-state index contributed by atoms with van der Waals surface area (Å²) < 4.78 is 4.93. The van der Waals surface area contributed by atoms with E-state index in [1.165, 1.54) is 58.7 Å². The molecule has 0 N–H and O–H groups in total. The third-order valence-corrected chi connectivity index (χ3v) is 11.0. The van der Waals surface area contributed by atoms with Crippen molar-refractivity contribution in [1.29, 1.82) is 0 Å². The summed E-state index contributed by atoms with van der Waals surface area (Å²) in [5.74, 6) is 0. The van der Waals surface area contributed by atoms with Crippen LogP contribution >= 0.6 is 11.3 Å². The van der Waals surface area contributed by atoms with Gasteiger partial charge in [0.2, 0.25) is 0 Å². The van der Waals surface area contributed by atoms with E-state index in [1.807, 2.05) is 11.3 Å². The van der Waals surface area contributed by atoms with Crippen molar-refractivity contribution in [2.75, 3.05) is 0 Å². The van der Waals surface area contributed by atoms with Crippen molar-refractivity contribution in [3.63, 3.8) is 0 Å². The molecule has 234 valence electrons. The molecule has 50 heavy (non-hydrogen) atoms. The number of hydrogen-bond acceptors (Lipinski definition) is 2. The second-order valence-electron chi connectivity index (χ2n) is 12.7. The zero-order valence-corrected chi connectivity index (χ0v) is 27.9. The van der Waals surface area contributed by atoms with Crippen LogP contribution in [-0.4, -0.2) is 9.55 Å². The van der Waals surface area contributed by atoms with Gasteiger partial charge in [-0.05, 0) is 70.8 Å². The Hall–Kier alpha value is -6.29. The van der Waals surface area contributed by atoms with Gasteiger partial charge >= 0.3 is 0 Å². The van der Waals surface area contributed by atoms with Gasteiger partial charge in [-0.1, -0.05) is 133 Å². The Labute approximate surface area is 294 Å². The van der Waals surface area contributed by atoms with Gasteiger partial charge in [0.05, 0.1) is 22.4 Å². The number of para-hydroxylation sites is 2. The van der Waals surface area contributed by atoms with E-state index in [9.17, 15) is 0 Å². The highest BCUT2D eigenvalue weighted by Gasteiger charge is 2.19. The Morgan fingerprint density at radius 2 is 0.980 bits per heavy atom. The molecule has 0 bridgehead atoms. The molecule has 3 aromatic heterocycles. The van der Waals surface area contributed by atoms with Gasteiger partial charge in [0.1, 0.15) is 0 Å². The van der Waals surface area contributed by atoms with Crippen LogP contribution in [0.25, 0.3) is 92.4 Å². The molecule has 0 aliphatic heterocycles. The summed E-state index contributed by atoms with van der Waals surface area (Å²) in [7, 11) is 0. The highest BCUT2D eigenvalue weighted by Crippen LogP contribution is 2.43. The second kappa shape index (κ2) is 11.7. The predicted octanol–water partition coefficient (Wildman–Crippen LogP) is 13.2. The van der Waals surface area contributed by atoms with Crippen molar-refractivity contribution in [2.45, 2.75) is 0 Å². The van der Waals surface area contributed by atoms with Crippen LogP contribution in [0.3, 0.4) is 0 Å². The molecular formula is C47H30N2S. The monoisotopic (exact) mass is 654 g/mol. The molecular weight excluding hydrogens is 625 g/mol. The summed E-state index contributed by atoms with van der Waals surface area (Å²) in [5, 5.41) is 4.99. The SMILES string of the molecule is c1ccc(-c2cccc(-c3cc(-c4cccc5c4sc4ccccc45)nc(-c4cccc5c4c4ccccc4n5-c4ccccc4)c3)c2)cc1. The van der Waals surface area contributed by atoms with Crippen molar-refractivity contribution >= 4 is 53.3 Å². The third-order valence-electron chi connectivity index (χ3n) is 9.80. The molecule has 0 saturated heterocycles. The van der Waals surface area contributed by atoms with Gasteiger partial charge in [-0.3, -0.25) is 0 Å². The maximum absolute atomic E-state index is 5.54. The van der Waals surface area contributed by atoms with Crippen LogP contribution in [0.15, 0.2) is 182 Å². The Bertz CT molecular complexity index is 2860. The van der Waals surface area contributed by atoms with Crippen LogP contribution < -0.4 is 0 Å². The molecule has 0 atom stereocenters. The van der Waals surface area contributed by atoms with Crippen molar-refractivity contribution in [3.8, 4) is 50.5 Å². The molecule has 0 aliphatic rings. The first-order valence-electron chi connectivity index (χ1n) is 17.0. The molecule has 0 fully saturated rings. The van der Waals surface area contributed by atoms with Gasteiger partial charge < -0.3 is 4.57 Å². The van der Waals surface area contributed by atoms with E-state index in [0.717, 1.165) is 33.8 Å². The minimum atomic E-state index is 0.960. The standard InChI is InChI=1S/C47H30N2S/c1-3-14-31(15-4-1)32-16-11-17-33(28-32)34-29-41(48-42(30-34)39-24-12-22-37-36-20-8-10-27-45(36)50-47(37)39)38-23-13-26-44-46(38)40-21-7-9-25-43(40)49(44)35-18-5-2-6-19-35/h1-30H. The van der Waals surface area contributed by atoms with Gasteiger partial charge in [-0.2, -0.15) is 0 Å². The number of aromatic nitrogens is 2. The fourth-order valence-corrected chi connectivity index (χ4v) is 8.74. The number of hydrogen-bond donors (Lipinski definition) is 0. The zero-order chi connectivity index (χ0) is 33.0. The second-order valence-corrected chi connectivity index (χ2v) is 13.8. The van der Waals surface area contributed by atoms with Gasteiger partial charge in [0, 0.05) is 47.8 Å². The van der Waals surface area contributed by atoms with Crippen molar-refractivity contribution in [1.82, 2.24) is 9.55 Å². The van der Waals surface area contributed by atoms with E-state index >= 15 is 0 Å². The van der Waals surface area contributed by atoms with Gasteiger partial charge in [-0.15, -0.1) is 11.3 Å². The maximum atomic E-state index is 5.54. The topological polar surface area (TPSA) is 17.8 Å². The van der Waals surface area contributed by atoms with E-state index in [-0.39, 0.29) is 0 Å². The largest absolute Gasteiger partial charge is 0.309 e. The van der Waals surface area contributed by atoms with Crippen LogP contribution in [0.5, 0.6) is 0 Å². The number of fused-ring (bicyclic) bond motifs is 6.